The molecule has 7 nitrogen and oxygen atoms in total. The summed E-state index contributed by atoms with van der Waals surface area (Å²) < 4.78 is 0. The van der Waals surface area contributed by atoms with E-state index in [9.17, 15) is 14.4 Å². The van der Waals surface area contributed by atoms with Crippen LogP contribution in [0.15, 0.2) is 24.3 Å². The molecule has 1 aromatic rings. The lowest BCUT2D eigenvalue weighted by molar-refractivity contribution is -0.120. The summed E-state index contributed by atoms with van der Waals surface area (Å²) in [6, 6.07) is 6.63. The number of benzene rings is 1. The molecule has 0 spiro atoms. The van der Waals surface area contributed by atoms with Gasteiger partial charge in [-0.15, -0.1) is 5.06 Å². The molecule has 1 aromatic carbocycles. The third-order valence-electron chi connectivity index (χ3n) is 3.33. The summed E-state index contributed by atoms with van der Waals surface area (Å²) >= 11 is 0. The van der Waals surface area contributed by atoms with E-state index in [1.54, 1.807) is 24.3 Å². The van der Waals surface area contributed by atoms with Crippen molar-refractivity contribution in [3.63, 3.8) is 0 Å². The van der Waals surface area contributed by atoms with Gasteiger partial charge in [-0.2, -0.15) is 0 Å². The van der Waals surface area contributed by atoms with Gasteiger partial charge in [-0.1, -0.05) is 19.1 Å². The molecule has 0 aliphatic carbocycles. The predicted octanol–water partition coefficient (Wildman–Crippen LogP) is 0.720. The zero-order valence-electron chi connectivity index (χ0n) is 13.1. The Kier molecular flexibility index (Phi) is 6.25. The van der Waals surface area contributed by atoms with E-state index in [0.29, 0.717) is 30.6 Å². The van der Waals surface area contributed by atoms with Gasteiger partial charge in [0.2, 0.25) is 5.91 Å². The monoisotopic (exact) mass is 319 g/mol. The van der Waals surface area contributed by atoms with E-state index in [2.05, 4.69) is 10.6 Å². The van der Waals surface area contributed by atoms with Crippen molar-refractivity contribution in [1.29, 1.82) is 0 Å². The number of rotatable bonds is 9. The first-order chi connectivity index (χ1) is 11.1. The van der Waals surface area contributed by atoms with Gasteiger partial charge in [0.05, 0.1) is 24.3 Å². The molecule has 2 rings (SSSR count). The maximum absolute atomic E-state index is 12.0. The first-order valence-electron chi connectivity index (χ1n) is 7.73. The van der Waals surface area contributed by atoms with Crippen LogP contribution < -0.4 is 10.6 Å². The number of hydrogen-bond acceptors (Lipinski definition) is 5. The van der Waals surface area contributed by atoms with Gasteiger partial charge in [0.25, 0.3) is 11.8 Å². The van der Waals surface area contributed by atoms with Crippen LogP contribution in [0.5, 0.6) is 0 Å². The number of nitrogens with zero attached hydrogens (tertiary/aromatic N) is 1. The molecular weight excluding hydrogens is 298 g/mol. The highest BCUT2D eigenvalue weighted by Crippen LogP contribution is 2.22. The average Bonchev–Trinajstić information content (AvgIpc) is 2.81. The van der Waals surface area contributed by atoms with Gasteiger partial charge in [0.15, 0.2) is 0 Å². The third kappa shape index (κ3) is 4.37. The molecule has 0 aromatic heterocycles. The lowest BCUT2D eigenvalue weighted by Gasteiger charge is -2.13. The van der Waals surface area contributed by atoms with Crippen molar-refractivity contribution in [3.05, 3.63) is 35.4 Å². The molecule has 1 heterocycles. The second-order valence-corrected chi connectivity index (χ2v) is 5.16. The van der Waals surface area contributed by atoms with Crippen LogP contribution >= 0.6 is 0 Å². The Balaban J connectivity index is 1.65. The maximum Gasteiger partial charge on any atom is 0.285 e. The SMILES string of the molecule is CCCNC(=O)CNCCCON1C(=O)c2ccccc2C1=O. The summed E-state index contributed by atoms with van der Waals surface area (Å²) in [6.45, 7) is 3.68. The molecule has 0 fully saturated rings. The molecule has 23 heavy (non-hydrogen) atoms. The number of fused-ring (bicyclic) bond motifs is 1. The summed E-state index contributed by atoms with van der Waals surface area (Å²) in [5.74, 6) is -0.914. The zero-order valence-corrected chi connectivity index (χ0v) is 13.1. The van der Waals surface area contributed by atoms with Crippen molar-refractivity contribution in [2.45, 2.75) is 19.8 Å². The number of imide groups is 1. The molecule has 1 aliphatic rings. The van der Waals surface area contributed by atoms with Crippen LogP contribution in [0.4, 0.5) is 0 Å². The quantitative estimate of drug-likeness (QED) is 0.517. The Labute approximate surface area is 134 Å². The summed E-state index contributed by atoms with van der Waals surface area (Å²) in [5.41, 5.74) is 0.728. The highest BCUT2D eigenvalue weighted by molar-refractivity contribution is 6.20. The fourth-order valence-corrected chi connectivity index (χ4v) is 2.17. The fourth-order valence-electron chi connectivity index (χ4n) is 2.17. The lowest BCUT2D eigenvalue weighted by Crippen LogP contribution is -2.35. The van der Waals surface area contributed by atoms with Crippen LogP contribution in [0.3, 0.4) is 0 Å². The number of carbonyl (C=O) groups excluding carboxylic acids is 3. The molecule has 1 aliphatic heterocycles. The number of hydrogen-bond donors (Lipinski definition) is 2. The van der Waals surface area contributed by atoms with Crippen LogP contribution in [0.25, 0.3) is 0 Å². The molecule has 124 valence electrons. The van der Waals surface area contributed by atoms with Crippen LogP contribution in [-0.4, -0.2) is 49.0 Å². The first-order valence-corrected chi connectivity index (χ1v) is 7.73. The predicted molar refractivity (Wildman–Crippen MR) is 83.7 cm³/mol. The van der Waals surface area contributed by atoms with Crippen LogP contribution in [-0.2, 0) is 9.63 Å². The minimum absolute atomic E-state index is 0.0480. The van der Waals surface area contributed by atoms with E-state index in [0.717, 1.165) is 11.5 Å². The molecule has 0 radical (unpaired) electrons. The topological polar surface area (TPSA) is 87.7 Å². The summed E-state index contributed by atoms with van der Waals surface area (Å²) in [6.07, 6.45) is 1.48. The van der Waals surface area contributed by atoms with E-state index in [-0.39, 0.29) is 19.1 Å². The van der Waals surface area contributed by atoms with Gasteiger partial charge in [-0.25, -0.2) is 0 Å². The molecule has 0 bridgehead atoms. The number of nitrogens with one attached hydrogen (secondary N) is 2. The summed E-state index contributed by atoms with van der Waals surface area (Å²) in [4.78, 5) is 40.7. The number of amides is 3. The van der Waals surface area contributed by atoms with Crippen molar-refractivity contribution in [1.82, 2.24) is 15.7 Å². The Morgan fingerprint density at radius 2 is 1.78 bits per heavy atom. The van der Waals surface area contributed by atoms with Gasteiger partial charge in [0.1, 0.15) is 0 Å². The second kappa shape index (κ2) is 8.40. The second-order valence-electron chi connectivity index (χ2n) is 5.16. The summed E-state index contributed by atoms with van der Waals surface area (Å²) in [5, 5.41) is 6.54. The van der Waals surface area contributed by atoms with Gasteiger partial charge >= 0.3 is 0 Å². The molecule has 0 saturated heterocycles. The molecule has 2 N–H and O–H groups in total. The Morgan fingerprint density at radius 3 is 2.39 bits per heavy atom. The lowest BCUT2D eigenvalue weighted by atomic mass is 10.1. The molecular formula is C16H21N3O4. The highest BCUT2D eigenvalue weighted by Gasteiger charge is 2.36. The normalized spacial score (nSPS) is 13.3. The van der Waals surface area contributed by atoms with Crippen LogP contribution in [0.1, 0.15) is 40.5 Å². The maximum atomic E-state index is 12.0. The van der Waals surface area contributed by atoms with E-state index < -0.39 is 11.8 Å². The molecule has 3 amide bonds. The Morgan fingerprint density at radius 1 is 1.13 bits per heavy atom. The standard InChI is InChI=1S/C16H21N3O4/c1-2-8-18-14(20)11-17-9-5-10-23-19-15(21)12-6-3-4-7-13(12)16(19)22/h3-4,6-7,17H,2,5,8-11H2,1H3,(H,18,20). The van der Waals surface area contributed by atoms with Crippen molar-refractivity contribution < 1.29 is 19.2 Å². The van der Waals surface area contributed by atoms with Gasteiger partial charge in [-0.3, -0.25) is 19.2 Å². The van der Waals surface area contributed by atoms with Gasteiger partial charge in [-0.05, 0) is 31.5 Å². The van der Waals surface area contributed by atoms with E-state index in [4.69, 9.17) is 4.84 Å². The van der Waals surface area contributed by atoms with E-state index >= 15 is 0 Å². The van der Waals surface area contributed by atoms with Crippen LogP contribution in [0, 0.1) is 0 Å². The Bertz CT molecular complexity index is 553. The number of hydroxylamine groups is 2. The molecule has 0 unspecified atom stereocenters. The van der Waals surface area contributed by atoms with Crippen molar-refractivity contribution in [3.8, 4) is 0 Å². The van der Waals surface area contributed by atoms with Gasteiger partial charge < -0.3 is 10.6 Å². The van der Waals surface area contributed by atoms with Crippen molar-refractivity contribution >= 4 is 17.7 Å². The van der Waals surface area contributed by atoms with Crippen LogP contribution in [0.2, 0.25) is 0 Å². The third-order valence-corrected chi connectivity index (χ3v) is 3.33. The van der Waals surface area contributed by atoms with E-state index in [1.165, 1.54) is 0 Å². The minimum atomic E-state index is -0.433. The molecule has 0 saturated carbocycles. The van der Waals surface area contributed by atoms with Crippen molar-refractivity contribution in [2.24, 2.45) is 0 Å². The summed E-state index contributed by atoms with van der Waals surface area (Å²) in [7, 11) is 0. The molecule has 7 heteroatoms. The highest BCUT2D eigenvalue weighted by atomic mass is 16.7. The zero-order chi connectivity index (χ0) is 16.7. The molecule has 0 atom stereocenters. The first kappa shape index (κ1) is 17.1. The number of carbonyl (C=O) groups is 3. The van der Waals surface area contributed by atoms with Gasteiger partial charge in [0, 0.05) is 6.54 Å². The smallest absolute Gasteiger partial charge is 0.285 e. The minimum Gasteiger partial charge on any atom is -0.355 e. The Hall–Kier alpha value is -2.25. The average molecular weight is 319 g/mol. The largest absolute Gasteiger partial charge is 0.355 e. The van der Waals surface area contributed by atoms with E-state index in [1.807, 2.05) is 6.92 Å². The van der Waals surface area contributed by atoms with Crippen molar-refractivity contribution in [2.75, 3.05) is 26.2 Å². The fraction of sp³-hybridized carbons (Fsp3) is 0.438.